The summed E-state index contributed by atoms with van der Waals surface area (Å²) in [6.45, 7) is 6.43. The molecule has 0 aromatic carbocycles. The summed E-state index contributed by atoms with van der Waals surface area (Å²) in [5, 5.41) is 19.2. The Kier molecular flexibility index (Phi) is 5.01. The minimum Gasteiger partial charge on any atom is -0.443 e. The summed E-state index contributed by atoms with van der Waals surface area (Å²) in [5.74, 6) is 0.424. The first-order valence-electron chi connectivity index (χ1n) is 8.42. The van der Waals surface area contributed by atoms with Crippen LogP contribution in [0.5, 0.6) is 0 Å². The monoisotopic (exact) mass is 353 g/mol. The Morgan fingerprint density at radius 1 is 1.38 bits per heavy atom. The van der Waals surface area contributed by atoms with Crippen LogP contribution in [0.15, 0.2) is 35.3 Å². The van der Waals surface area contributed by atoms with E-state index in [0.717, 1.165) is 16.9 Å². The Hall–Kier alpha value is -3.16. The molecule has 0 radical (unpaired) electrons. The quantitative estimate of drug-likeness (QED) is 0.563. The van der Waals surface area contributed by atoms with Gasteiger partial charge in [0.2, 0.25) is 5.89 Å². The predicted octanol–water partition coefficient (Wildman–Crippen LogP) is 3.29. The first-order valence-corrected chi connectivity index (χ1v) is 8.42. The Bertz CT molecular complexity index is 896. The fraction of sp³-hybridized carbons (Fsp3) is 0.333. The molecular weight excluding hydrogens is 330 g/mol. The van der Waals surface area contributed by atoms with Crippen LogP contribution in [0.4, 0.5) is 11.4 Å². The number of hydrogen-bond acceptors (Lipinski definition) is 7. The van der Waals surface area contributed by atoms with Gasteiger partial charge in [0.1, 0.15) is 17.7 Å². The van der Waals surface area contributed by atoms with E-state index in [-0.39, 0.29) is 6.04 Å². The molecule has 26 heavy (non-hydrogen) atoms. The molecule has 0 aliphatic carbocycles. The SMILES string of the molecule is CC(=N)c1nc(-c2ncco2)cc(NCc2cnn(C)c2)c1NC(C)C. The van der Waals surface area contributed by atoms with Crippen molar-refractivity contribution < 1.29 is 4.42 Å². The van der Waals surface area contributed by atoms with Crippen LogP contribution in [0.3, 0.4) is 0 Å². The van der Waals surface area contributed by atoms with Crippen LogP contribution in [0.1, 0.15) is 32.0 Å². The summed E-state index contributed by atoms with van der Waals surface area (Å²) in [6.07, 6.45) is 6.87. The number of rotatable bonds is 7. The average Bonchev–Trinajstić information content (AvgIpc) is 3.24. The third-order valence-corrected chi connectivity index (χ3v) is 3.70. The first kappa shape index (κ1) is 17.7. The predicted molar refractivity (Wildman–Crippen MR) is 102 cm³/mol. The van der Waals surface area contributed by atoms with Crippen molar-refractivity contribution in [3.8, 4) is 11.6 Å². The Morgan fingerprint density at radius 2 is 2.19 bits per heavy atom. The Labute approximate surface area is 152 Å². The number of aromatic nitrogens is 4. The van der Waals surface area contributed by atoms with Gasteiger partial charge in [-0.1, -0.05) is 0 Å². The van der Waals surface area contributed by atoms with Crippen LogP contribution in [0.25, 0.3) is 11.6 Å². The van der Waals surface area contributed by atoms with Gasteiger partial charge in [-0.05, 0) is 26.8 Å². The number of nitrogens with zero attached hydrogens (tertiary/aromatic N) is 4. The lowest BCUT2D eigenvalue weighted by Gasteiger charge is -2.19. The molecule has 0 spiro atoms. The van der Waals surface area contributed by atoms with Crippen LogP contribution >= 0.6 is 0 Å². The summed E-state index contributed by atoms with van der Waals surface area (Å²) >= 11 is 0. The van der Waals surface area contributed by atoms with Gasteiger partial charge >= 0.3 is 0 Å². The molecule has 0 bridgehead atoms. The molecule has 0 fully saturated rings. The molecule has 0 aliphatic heterocycles. The number of pyridine rings is 1. The highest BCUT2D eigenvalue weighted by Crippen LogP contribution is 2.31. The van der Waals surface area contributed by atoms with Crippen LogP contribution < -0.4 is 10.6 Å². The van der Waals surface area contributed by atoms with Gasteiger partial charge in [-0.3, -0.25) is 4.68 Å². The van der Waals surface area contributed by atoms with Gasteiger partial charge in [0, 0.05) is 31.4 Å². The zero-order chi connectivity index (χ0) is 18.7. The van der Waals surface area contributed by atoms with E-state index in [1.807, 2.05) is 25.5 Å². The first-order chi connectivity index (χ1) is 12.4. The van der Waals surface area contributed by atoms with Crippen molar-refractivity contribution in [3.63, 3.8) is 0 Å². The molecule has 136 valence electrons. The number of aryl methyl sites for hydroxylation is 1. The highest BCUT2D eigenvalue weighted by molar-refractivity contribution is 6.03. The smallest absolute Gasteiger partial charge is 0.245 e. The molecular formula is C18H23N7O. The third-order valence-electron chi connectivity index (χ3n) is 3.70. The van der Waals surface area contributed by atoms with Gasteiger partial charge in [0.05, 0.1) is 29.5 Å². The van der Waals surface area contributed by atoms with E-state index >= 15 is 0 Å². The maximum atomic E-state index is 8.14. The van der Waals surface area contributed by atoms with Crippen LogP contribution in [-0.2, 0) is 13.6 Å². The number of oxazole rings is 1. The molecule has 3 rings (SSSR count). The fourth-order valence-corrected chi connectivity index (χ4v) is 2.61. The zero-order valence-corrected chi connectivity index (χ0v) is 15.4. The molecule has 8 heteroatoms. The number of nitrogens with one attached hydrogen (secondary N) is 3. The molecule has 3 aromatic rings. The molecule has 0 amide bonds. The summed E-state index contributed by atoms with van der Waals surface area (Å²) in [6, 6.07) is 2.08. The molecule has 0 saturated heterocycles. The summed E-state index contributed by atoms with van der Waals surface area (Å²) in [5.41, 5.74) is 4.22. The van der Waals surface area contributed by atoms with Gasteiger partial charge in [-0.15, -0.1) is 0 Å². The minimum absolute atomic E-state index is 0.196. The average molecular weight is 353 g/mol. The van der Waals surface area contributed by atoms with E-state index < -0.39 is 0 Å². The third kappa shape index (κ3) is 3.90. The van der Waals surface area contributed by atoms with Gasteiger partial charge in [0.25, 0.3) is 0 Å². The Balaban J connectivity index is 2.03. The highest BCUT2D eigenvalue weighted by atomic mass is 16.3. The van der Waals surface area contributed by atoms with Crippen molar-refractivity contribution in [2.45, 2.75) is 33.4 Å². The molecule has 8 nitrogen and oxygen atoms in total. The van der Waals surface area contributed by atoms with Crippen molar-refractivity contribution in [2.75, 3.05) is 10.6 Å². The van der Waals surface area contributed by atoms with Gasteiger partial charge in [0.15, 0.2) is 0 Å². The second-order valence-electron chi connectivity index (χ2n) is 6.42. The summed E-state index contributed by atoms with van der Waals surface area (Å²) in [4.78, 5) is 8.77. The highest BCUT2D eigenvalue weighted by Gasteiger charge is 2.18. The van der Waals surface area contributed by atoms with Crippen LogP contribution in [-0.4, -0.2) is 31.5 Å². The minimum atomic E-state index is 0.196. The molecule has 3 heterocycles. The van der Waals surface area contributed by atoms with Gasteiger partial charge in [-0.2, -0.15) is 5.10 Å². The van der Waals surface area contributed by atoms with Crippen molar-refractivity contribution in [1.82, 2.24) is 19.7 Å². The fourth-order valence-electron chi connectivity index (χ4n) is 2.61. The molecule has 3 N–H and O–H groups in total. The Morgan fingerprint density at radius 3 is 2.77 bits per heavy atom. The van der Waals surface area contributed by atoms with Crippen molar-refractivity contribution in [3.05, 3.63) is 42.2 Å². The van der Waals surface area contributed by atoms with E-state index in [1.165, 1.54) is 6.26 Å². The lowest BCUT2D eigenvalue weighted by molar-refractivity contribution is 0.572. The van der Waals surface area contributed by atoms with E-state index in [0.29, 0.717) is 29.5 Å². The van der Waals surface area contributed by atoms with Crippen molar-refractivity contribution in [2.24, 2.45) is 7.05 Å². The molecule has 0 unspecified atom stereocenters. The second-order valence-corrected chi connectivity index (χ2v) is 6.42. The van der Waals surface area contributed by atoms with Crippen molar-refractivity contribution in [1.29, 1.82) is 5.41 Å². The van der Waals surface area contributed by atoms with E-state index in [9.17, 15) is 0 Å². The van der Waals surface area contributed by atoms with Gasteiger partial charge in [-0.25, -0.2) is 9.97 Å². The maximum Gasteiger partial charge on any atom is 0.245 e. The standard InChI is InChI=1S/C18H23N7O/c1-11(2)23-17-14(21-8-13-9-22-25(4)10-13)7-15(18-20-5-6-26-18)24-16(17)12(3)19/h5-7,9-11,19,23H,8H2,1-4H3,(H,21,24). The maximum absolute atomic E-state index is 8.14. The van der Waals surface area contributed by atoms with Crippen LogP contribution in [0.2, 0.25) is 0 Å². The number of anilines is 2. The topological polar surface area (TPSA) is 105 Å². The van der Waals surface area contributed by atoms with E-state index in [1.54, 1.807) is 17.8 Å². The van der Waals surface area contributed by atoms with E-state index in [2.05, 4.69) is 39.5 Å². The molecule has 0 aliphatic rings. The zero-order valence-electron chi connectivity index (χ0n) is 15.4. The number of hydrogen-bond donors (Lipinski definition) is 3. The lowest BCUT2D eigenvalue weighted by Crippen LogP contribution is -2.17. The van der Waals surface area contributed by atoms with Crippen LogP contribution in [0, 0.1) is 5.41 Å². The van der Waals surface area contributed by atoms with Crippen molar-refractivity contribution >= 4 is 17.1 Å². The largest absolute Gasteiger partial charge is 0.443 e. The summed E-state index contributed by atoms with van der Waals surface area (Å²) in [7, 11) is 1.89. The molecule has 0 atom stereocenters. The lowest BCUT2D eigenvalue weighted by atomic mass is 10.1. The molecule has 3 aromatic heterocycles. The summed E-state index contributed by atoms with van der Waals surface area (Å²) < 4.78 is 7.16. The van der Waals surface area contributed by atoms with E-state index in [4.69, 9.17) is 9.83 Å². The molecule has 0 saturated carbocycles. The van der Waals surface area contributed by atoms with Gasteiger partial charge < -0.3 is 20.5 Å². The second kappa shape index (κ2) is 7.38. The normalized spacial score (nSPS) is 11.0.